The lowest BCUT2D eigenvalue weighted by atomic mass is 10.2. The van der Waals surface area contributed by atoms with Crippen molar-refractivity contribution in [2.75, 3.05) is 31.1 Å². The smallest absolute Gasteiger partial charge is 0.317 e. The molecule has 1 aliphatic rings. The number of hydrogen-bond acceptors (Lipinski definition) is 4. The third-order valence-corrected chi connectivity index (χ3v) is 5.45. The monoisotopic (exact) mass is 352 g/mol. The molecule has 6 heteroatoms. The molecule has 0 aliphatic carbocycles. The van der Waals surface area contributed by atoms with Crippen LogP contribution in [-0.2, 0) is 6.54 Å². The number of para-hydroxylation sites is 2. The Morgan fingerprint density at radius 2 is 1.72 bits per heavy atom. The Morgan fingerprint density at radius 1 is 1.00 bits per heavy atom. The molecule has 128 valence electrons. The highest BCUT2D eigenvalue weighted by atomic mass is 32.1. The van der Waals surface area contributed by atoms with Gasteiger partial charge in [-0.3, -0.25) is 0 Å². The van der Waals surface area contributed by atoms with Crippen LogP contribution in [0, 0.1) is 0 Å². The summed E-state index contributed by atoms with van der Waals surface area (Å²) in [4.78, 5) is 21.2. The molecule has 3 aromatic rings. The molecule has 2 aromatic carbocycles. The zero-order chi connectivity index (χ0) is 17.1. The number of hydrogen-bond donors (Lipinski definition) is 1. The molecule has 2 heterocycles. The third kappa shape index (κ3) is 3.58. The highest BCUT2D eigenvalue weighted by molar-refractivity contribution is 7.18. The molecule has 0 saturated carbocycles. The number of anilines is 1. The molecule has 0 atom stereocenters. The van der Waals surface area contributed by atoms with Crippen LogP contribution >= 0.6 is 11.3 Å². The first kappa shape index (κ1) is 15.9. The third-order valence-electron chi connectivity index (χ3n) is 4.42. The van der Waals surface area contributed by atoms with Gasteiger partial charge in [0.05, 0.1) is 16.8 Å². The summed E-state index contributed by atoms with van der Waals surface area (Å²) in [5, 5.41) is 3.94. The molecule has 1 saturated heterocycles. The predicted molar refractivity (Wildman–Crippen MR) is 102 cm³/mol. The fourth-order valence-electron chi connectivity index (χ4n) is 3.07. The van der Waals surface area contributed by atoms with Gasteiger partial charge in [0.15, 0.2) is 0 Å². The van der Waals surface area contributed by atoms with Gasteiger partial charge in [0.1, 0.15) is 5.01 Å². The van der Waals surface area contributed by atoms with Gasteiger partial charge in [-0.15, -0.1) is 11.3 Å². The number of nitrogens with zero attached hydrogens (tertiary/aromatic N) is 3. The first-order chi connectivity index (χ1) is 12.3. The first-order valence-electron chi connectivity index (χ1n) is 8.47. The Hall–Kier alpha value is -2.60. The second-order valence-corrected chi connectivity index (χ2v) is 7.16. The minimum absolute atomic E-state index is 0.00744. The maximum absolute atomic E-state index is 12.4. The van der Waals surface area contributed by atoms with Gasteiger partial charge < -0.3 is 15.1 Å². The van der Waals surface area contributed by atoms with Crippen molar-refractivity contribution >= 4 is 33.3 Å². The summed E-state index contributed by atoms with van der Waals surface area (Å²) < 4.78 is 1.16. The van der Waals surface area contributed by atoms with Gasteiger partial charge in [-0.1, -0.05) is 30.3 Å². The van der Waals surface area contributed by atoms with Crippen LogP contribution in [-0.4, -0.2) is 42.1 Å². The molecule has 2 amide bonds. The van der Waals surface area contributed by atoms with Crippen LogP contribution in [0.2, 0.25) is 0 Å². The van der Waals surface area contributed by atoms with Crippen molar-refractivity contribution in [1.29, 1.82) is 0 Å². The SMILES string of the molecule is O=C(NCc1nc2ccccc2s1)N1CCN(c2ccccc2)CC1. The van der Waals surface area contributed by atoms with Crippen LogP contribution < -0.4 is 10.2 Å². The van der Waals surface area contributed by atoms with E-state index < -0.39 is 0 Å². The van der Waals surface area contributed by atoms with Crippen LogP contribution in [0.1, 0.15) is 5.01 Å². The zero-order valence-corrected chi connectivity index (χ0v) is 14.7. The number of carbonyl (C=O) groups excluding carboxylic acids is 1. The van der Waals surface area contributed by atoms with E-state index in [4.69, 9.17) is 0 Å². The van der Waals surface area contributed by atoms with E-state index >= 15 is 0 Å². The van der Waals surface area contributed by atoms with Crippen LogP contribution in [0.3, 0.4) is 0 Å². The van der Waals surface area contributed by atoms with Crippen molar-refractivity contribution in [3.8, 4) is 0 Å². The second kappa shape index (κ2) is 7.11. The zero-order valence-electron chi connectivity index (χ0n) is 13.9. The molecular weight excluding hydrogens is 332 g/mol. The van der Waals surface area contributed by atoms with E-state index in [1.165, 1.54) is 5.69 Å². The van der Waals surface area contributed by atoms with Gasteiger partial charge >= 0.3 is 6.03 Å². The molecule has 0 spiro atoms. The van der Waals surface area contributed by atoms with E-state index in [0.717, 1.165) is 41.4 Å². The Balaban J connectivity index is 1.30. The van der Waals surface area contributed by atoms with E-state index in [9.17, 15) is 4.79 Å². The molecule has 1 fully saturated rings. The summed E-state index contributed by atoms with van der Waals surface area (Å²) in [6.45, 7) is 3.68. The number of amides is 2. The minimum atomic E-state index is -0.00744. The Bertz CT molecular complexity index is 823. The molecule has 0 unspecified atom stereocenters. The van der Waals surface area contributed by atoms with Crippen molar-refractivity contribution in [3.05, 3.63) is 59.6 Å². The average Bonchev–Trinajstić information content (AvgIpc) is 3.10. The Morgan fingerprint density at radius 3 is 2.48 bits per heavy atom. The maximum Gasteiger partial charge on any atom is 0.317 e. The summed E-state index contributed by atoms with van der Waals surface area (Å²) >= 11 is 1.63. The molecule has 25 heavy (non-hydrogen) atoms. The van der Waals surface area contributed by atoms with Gasteiger partial charge in [-0.2, -0.15) is 0 Å². The number of thiazole rings is 1. The van der Waals surface area contributed by atoms with Crippen LogP contribution in [0.25, 0.3) is 10.2 Å². The molecule has 0 bridgehead atoms. The molecule has 4 rings (SSSR count). The highest BCUT2D eigenvalue weighted by Crippen LogP contribution is 2.21. The van der Waals surface area contributed by atoms with Gasteiger partial charge in [-0.05, 0) is 24.3 Å². The second-order valence-electron chi connectivity index (χ2n) is 6.04. The average molecular weight is 352 g/mol. The summed E-state index contributed by atoms with van der Waals surface area (Å²) in [6, 6.07) is 18.4. The Kier molecular flexibility index (Phi) is 4.52. The summed E-state index contributed by atoms with van der Waals surface area (Å²) in [5.74, 6) is 0. The number of rotatable bonds is 3. The van der Waals surface area contributed by atoms with Gasteiger partial charge in [-0.25, -0.2) is 9.78 Å². The van der Waals surface area contributed by atoms with Crippen molar-refractivity contribution < 1.29 is 4.79 Å². The minimum Gasteiger partial charge on any atom is -0.368 e. The number of fused-ring (bicyclic) bond motifs is 1. The summed E-state index contributed by atoms with van der Waals surface area (Å²) in [5.41, 5.74) is 2.21. The van der Waals surface area contributed by atoms with E-state index in [0.29, 0.717) is 6.54 Å². The first-order valence-corrected chi connectivity index (χ1v) is 9.28. The van der Waals surface area contributed by atoms with Crippen molar-refractivity contribution in [1.82, 2.24) is 15.2 Å². The molecule has 1 N–H and O–H groups in total. The molecule has 1 aromatic heterocycles. The fourth-order valence-corrected chi connectivity index (χ4v) is 3.97. The number of urea groups is 1. The largest absolute Gasteiger partial charge is 0.368 e. The van der Waals surface area contributed by atoms with Crippen LogP contribution in [0.5, 0.6) is 0 Å². The summed E-state index contributed by atoms with van der Waals surface area (Å²) in [6.07, 6.45) is 0. The topological polar surface area (TPSA) is 48.5 Å². The lowest BCUT2D eigenvalue weighted by Gasteiger charge is -2.36. The number of nitrogens with one attached hydrogen (secondary N) is 1. The van der Waals surface area contributed by atoms with Crippen LogP contribution in [0.4, 0.5) is 10.5 Å². The predicted octanol–water partition coefficient (Wildman–Crippen LogP) is 3.33. The van der Waals surface area contributed by atoms with Crippen LogP contribution in [0.15, 0.2) is 54.6 Å². The normalized spacial score (nSPS) is 14.7. The van der Waals surface area contributed by atoms with E-state index in [1.54, 1.807) is 11.3 Å². The standard InChI is InChI=1S/C19H20N4OS/c24-19(20-14-18-21-16-8-4-5-9-17(16)25-18)23-12-10-22(11-13-23)15-6-2-1-3-7-15/h1-9H,10-14H2,(H,20,24). The fraction of sp³-hybridized carbons (Fsp3) is 0.263. The number of aromatic nitrogens is 1. The van der Waals surface area contributed by atoms with Crippen molar-refractivity contribution in [2.24, 2.45) is 0 Å². The lowest BCUT2D eigenvalue weighted by Crippen LogP contribution is -2.51. The lowest BCUT2D eigenvalue weighted by molar-refractivity contribution is 0.194. The van der Waals surface area contributed by atoms with Gasteiger partial charge in [0.25, 0.3) is 0 Å². The highest BCUT2D eigenvalue weighted by Gasteiger charge is 2.21. The Labute approximate surface area is 150 Å². The van der Waals surface area contributed by atoms with Crippen molar-refractivity contribution in [3.63, 3.8) is 0 Å². The van der Waals surface area contributed by atoms with E-state index in [2.05, 4.69) is 33.4 Å². The molecule has 1 aliphatic heterocycles. The quantitative estimate of drug-likeness (QED) is 0.787. The molecule has 5 nitrogen and oxygen atoms in total. The van der Waals surface area contributed by atoms with Gasteiger partial charge in [0, 0.05) is 31.9 Å². The van der Waals surface area contributed by atoms with E-state index in [1.807, 2.05) is 41.3 Å². The number of carbonyl (C=O) groups is 1. The van der Waals surface area contributed by atoms with E-state index in [-0.39, 0.29) is 6.03 Å². The number of piperazine rings is 1. The van der Waals surface area contributed by atoms with Gasteiger partial charge in [0.2, 0.25) is 0 Å². The summed E-state index contributed by atoms with van der Waals surface area (Å²) in [7, 11) is 0. The maximum atomic E-state index is 12.4. The molecular formula is C19H20N4OS. The number of benzene rings is 2. The molecule has 0 radical (unpaired) electrons. The van der Waals surface area contributed by atoms with Crippen molar-refractivity contribution in [2.45, 2.75) is 6.54 Å².